The van der Waals surface area contributed by atoms with Gasteiger partial charge in [0, 0.05) is 43.3 Å². The summed E-state index contributed by atoms with van der Waals surface area (Å²) in [5.74, 6) is 0. The van der Waals surface area contributed by atoms with E-state index in [0.717, 1.165) is 26.1 Å². The van der Waals surface area contributed by atoms with Gasteiger partial charge in [-0.2, -0.15) is 0 Å². The number of nitrogens with two attached hydrogens (primary N) is 1. The predicted octanol–water partition coefficient (Wildman–Crippen LogP) is 2.11. The summed E-state index contributed by atoms with van der Waals surface area (Å²) in [7, 11) is 0. The first-order valence-corrected chi connectivity index (χ1v) is 6.37. The second-order valence-corrected chi connectivity index (χ2v) is 4.79. The van der Waals surface area contributed by atoms with E-state index in [-0.39, 0.29) is 0 Å². The van der Waals surface area contributed by atoms with E-state index in [1.807, 2.05) is 0 Å². The molecule has 0 saturated carbocycles. The molecule has 0 saturated heterocycles. The fraction of sp³-hybridized carbons (Fsp3) is 0.429. The van der Waals surface area contributed by atoms with Crippen LogP contribution in [0.3, 0.4) is 0 Å². The van der Waals surface area contributed by atoms with Crippen LogP contribution >= 0.6 is 0 Å². The second-order valence-electron chi connectivity index (χ2n) is 4.79. The van der Waals surface area contributed by atoms with E-state index in [0.29, 0.717) is 6.54 Å². The third-order valence-corrected chi connectivity index (χ3v) is 3.60. The molecule has 2 aromatic rings. The van der Waals surface area contributed by atoms with Crippen molar-refractivity contribution in [1.82, 2.24) is 9.88 Å². The molecule has 0 spiro atoms. The number of hydrogen-bond donors (Lipinski definition) is 2. The van der Waals surface area contributed by atoms with Gasteiger partial charge in [0.2, 0.25) is 0 Å². The van der Waals surface area contributed by atoms with E-state index in [4.69, 9.17) is 5.73 Å². The van der Waals surface area contributed by atoms with E-state index < -0.39 is 0 Å². The minimum Gasteiger partial charge on any atom is -0.347 e. The molecule has 3 nitrogen and oxygen atoms in total. The number of aromatic nitrogens is 1. The SMILES string of the molecule is CCCn1cc(CN)c2cc3c(cc21)CNC3. The summed E-state index contributed by atoms with van der Waals surface area (Å²) in [6, 6.07) is 4.65. The molecule has 90 valence electrons. The van der Waals surface area contributed by atoms with Crippen LogP contribution in [0.1, 0.15) is 30.0 Å². The van der Waals surface area contributed by atoms with E-state index in [1.165, 1.54) is 27.6 Å². The van der Waals surface area contributed by atoms with Crippen molar-refractivity contribution in [3.05, 3.63) is 35.0 Å². The molecule has 17 heavy (non-hydrogen) atoms. The maximum absolute atomic E-state index is 5.84. The smallest absolute Gasteiger partial charge is 0.0487 e. The summed E-state index contributed by atoms with van der Waals surface area (Å²) in [6.07, 6.45) is 3.37. The predicted molar refractivity (Wildman–Crippen MR) is 70.7 cm³/mol. The van der Waals surface area contributed by atoms with E-state index in [2.05, 4.69) is 35.1 Å². The van der Waals surface area contributed by atoms with Gasteiger partial charge in [0.1, 0.15) is 0 Å². The first kappa shape index (κ1) is 10.8. The summed E-state index contributed by atoms with van der Waals surface area (Å²) in [6.45, 7) is 5.90. The summed E-state index contributed by atoms with van der Waals surface area (Å²) in [4.78, 5) is 0. The molecule has 0 bridgehead atoms. The number of nitrogens with one attached hydrogen (secondary N) is 1. The van der Waals surface area contributed by atoms with Crippen LogP contribution in [0.2, 0.25) is 0 Å². The number of benzene rings is 1. The topological polar surface area (TPSA) is 43.0 Å². The van der Waals surface area contributed by atoms with Crippen molar-refractivity contribution >= 4 is 10.9 Å². The molecule has 1 aromatic heterocycles. The van der Waals surface area contributed by atoms with Crippen LogP contribution in [0.4, 0.5) is 0 Å². The monoisotopic (exact) mass is 229 g/mol. The number of nitrogens with zero attached hydrogens (tertiary/aromatic N) is 1. The van der Waals surface area contributed by atoms with Gasteiger partial charge in [-0.25, -0.2) is 0 Å². The van der Waals surface area contributed by atoms with Crippen LogP contribution in [0.25, 0.3) is 10.9 Å². The van der Waals surface area contributed by atoms with E-state index in [9.17, 15) is 0 Å². The summed E-state index contributed by atoms with van der Waals surface area (Å²) >= 11 is 0. The van der Waals surface area contributed by atoms with Crippen LogP contribution in [-0.4, -0.2) is 4.57 Å². The van der Waals surface area contributed by atoms with Crippen molar-refractivity contribution in [3.63, 3.8) is 0 Å². The number of fused-ring (bicyclic) bond motifs is 2. The van der Waals surface area contributed by atoms with Crippen molar-refractivity contribution in [2.24, 2.45) is 5.73 Å². The third-order valence-electron chi connectivity index (χ3n) is 3.60. The van der Waals surface area contributed by atoms with E-state index >= 15 is 0 Å². The molecule has 1 aliphatic rings. The average molecular weight is 229 g/mol. The molecule has 3 rings (SSSR count). The summed E-state index contributed by atoms with van der Waals surface area (Å²) in [5, 5.41) is 4.74. The molecule has 0 aliphatic carbocycles. The summed E-state index contributed by atoms with van der Waals surface area (Å²) in [5.41, 5.74) is 11.3. The van der Waals surface area contributed by atoms with Gasteiger partial charge in [0.15, 0.2) is 0 Å². The van der Waals surface area contributed by atoms with Crippen molar-refractivity contribution < 1.29 is 0 Å². The molecular formula is C14H19N3. The highest BCUT2D eigenvalue weighted by molar-refractivity contribution is 5.86. The molecule has 1 aliphatic heterocycles. The van der Waals surface area contributed by atoms with Gasteiger partial charge >= 0.3 is 0 Å². The summed E-state index contributed by atoms with van der Waals surface area (Å²) < 4.78 is 2.34. The molecule has 3 N–H and O–H groups in total. The molecule has 2 heterocycles. The van der Waals surface area contributed by atoms with Crippen LogP contribution in [0, 0.1) is 0 Å². The molecule has 0 unspecified atom stereocenters. The molecule has 0 atom stereocenters. The maximum Gasteiger partial charge on any atom is 0.0487 e. The zero-order valence-electron chi connectivity index (χ0n) is 10.3. The first-order valence-electron chi connectivity index (χ1n) is 6.37. The van der Waals surface area contributed by atoms with Gasteiger partial charge in [-0.05, 0) is 35.2 Å². The first-order chi connectivity index (χ1) is 8.33. The molecule has 0 fully saturated rings. The highest BCUT2D eigenvalue weighted by Crippen LogP contribution is 2.27. The second kappa shape index (κ2) is 4.17. The van der Waals surface area contributed by atoms with Gasteiger partial charge in [0.05, 0.1) is 0 Å². The van der Waals surface area contributed by atoms with Gasteiger partial charge in [-0.3, -0.25) is 0 Å². The van der Waals surface area contributed by atoms with Crippen LogP contribution in [0.5, 0.6) is 0 Å². The average Bonchev–Trinajstić information content (AvgIpc) is 2.91. The molecular weight excluding hydrogens is 210 g/mol. The van der Waals surface area contributed by atoms with Crippen molar-refractivity contribution in [2.45, 2.75) is 39.5 Å². The number of aryl methyl sites for hydroxylation is 1. The Balaban J connectivity index is 2.23. The Hall–Kier alpha value is -1.32. The lowest BCUT2D eigenvalue weighted by Gasteiger charge is -2.04. The molecule has 3 heteroatoms. The highest BCUT2D eigenvalue weighted by Gasteiger charge is 2.15. The minimum atomic E-state index is 0.624. The lowest BCUT2D eigenvalue weighted by atomic mass is 10.1. The largest absolute Gasteiger partial charge is 0.347 e. The van der Waals surface area contributed by atoms with Crippen molar-refractivity contribution in [1.29, 1.82) is 0 Å². The Morgan fingerprint density at radius 1 is 1.29 bits per heavy atom. The number of hydrogen-bond acceptors (Lipinski definition) is 2. The molecule has 1 aromatic carbocycles. The lowest BCUT2D eigenvalue weighted by Crippen LogP contribution is -2.00. The van der Waals surface area contributed by atoms with Crippen LogP contribution in [-0.2, 0) is 26.2 Å². The Labute approximate surface area is 102 Å². The van der Waals surface area contributed by atoms with Crippen molar-refractivity contribution in [2.75, 3.05) is 0 Å². The fourth-order valence-corrected chi connectivity index (χ4v) is 2.75. The van der Waals surface area contributed by atoms with Crippen LogP contribution in [0.15, 0.2) is 18.3 Å². The Kier molecular flexibility index (Phi) is 2.65. The maximum atomic E-state index is 5.84. The van der Waals surface area contributed by atoms with Gasteiger partial charge in [0.25, 0.3) is 0 Å². The Morgan fingerprint density at radius 2 is 2.06 bits per heavy atom. The van der Waals surface area contributed by atoms with Crippen molar-refractivity contribution in [3.8, 4) is 0 Å². The minimum absolute atomic E-state index is 0.624. The lowest BCUT2D eigenvalue weighted by molar-refractivity contribution is 0.700. The fourth-order valence-electron chi connectivity index (χ4n) is 2.75. The Bertz CT molecular complexity index is 554. The molecule has 0 amide bonds. The van der Waals surface area contributed by atoms with Crippen LogP contribution < -0.4 is 11.1 Å². The normalized spacial score (nSPS) is 14.5. The number of rotatable bonds is 3. The van der Waals surface area contributed by atoms with Gasteiger partial charge < -0.3 is 15.6 Å². The highest BCUT2D eigenvalue weighted by atomic mass is 15.0. The molecule has 0 radical (unpaired) electrons. The quantitative estimate of drug-likeness (QED) is 0.846. The van der Waals surface area contributed by atoms with Gasteiger partial charge in [-0.1, -0.05) is 6.92 Å². The standard InChI is InChI=1S/C14H19N3/c1-2-3-17-9-12(6-15)13-4-10-7-16-8-11(10)5-14(13)17/h4-5,9,16H,2-3,6-8,15H2,1H3. The zero-order chi connectivity index (χ0) is 11.8. The van der Waals surface area contributed by atoms with Gasteiger partial charge in [-0.15, -0.1) is 0 Å². The zero-order valence-corrected chi connectivity index (χ0v) is 10.3. The third kappa shape index (κ3) is 1.66. The Morgan fingerprint density at radius 3 is 2.76 bits per heavy atom. The van der Waals surface area contributed by atoms with E-state index in [1.54, 1.807) is 0 Å².